The van der Waals surface area contributed by atoms with Gasteiger partial charge >= 0.3 is 0 Å². The topological polar surface area (TPSA) is 37.4 Å². The lowest BCUT2D eigenvalue weighted by Gasteiger charge is -2.13. The minimum Gasteiger partial charge on any atom is -0.212 e. The van der Waals surface area contributed by atoms with Crippen LogP contribution in [0.25, 0.3) is 0 Å². The van der Waals surface area contributed by atoms with Crippen LogP contribution in [0.1, 0.15) is 18.1 Å². The molecule has 0 radical (unpaired) electrons. The second-order valence-electron chi connectivity index (χ2n) is 3.58. The van der Waals surface area contributed by atoms with E-state index >= 15 is 0 Å². The summed E-state index contributed by atoms with van der Waals surface area (Å²) in [6.07, 6.45) is 0. The molecule has 1 aliphatic rings. The van der Waals surface area contributed by atoms with Gasteiger partial charge in [-0.15, -0.1) is 0 Å². The molecule has 0 atom stereocenters. The lowest BCUT2D eigenvalue weighted by atomic mass is 10.1. The minimum absolute atomic E-state index is 0.169. The zero-order valence-corrected chi connectivity index (χ0v) is 10.8. The van der Waals surface area contributed by atoms with Gasteiger partial charge in [0.2, 0.25) is 10.0 Å². The fraction of sp³-hybridized carbons (Fsp3) is 0.400. The number of hydrogen-bond acceptors (Lipinski definition) is 2. The largest absolute Gasteiger partial charge is 0.214 e. The van der Waals surface area contributed by atoms with E-state index in [0.717, 1.165) is 15.6 Å². The van der Waals surface area contributed by atoms with Crippen molar-refractivity contribution in [3.63, 3.8) is 0 Å². The van der Waals surface area contributed by atoms with Crippen molar-refractivity contribution in [2.75, 3.05) is 5.75 Å². The first-order valence-corrected chi connectivity index (χ1v) is 7.18. The first kappa shape index (κ1) is 11.1. The first-order valence-electron chi connectivity index (χ1n) is 4.78. The highest BCUT2D eigenvalue weighted by Gasteiger charge is 2.27. The van der Waals surface area contributed by atoms with Crippen molar-refractivity contribution in [1.82, 2.24) is 4.31 Å². The number of fused-ring (bicyclic) bond motifs is 1. The van der Waals surface area contributed by atoms with E-state index in [4.69, 9.17) is 0 Å². The summed E-state index contributed by atoms with van der Waals surface area (Å²) in [7, 11) is -3.06. The number of rotatable bonds is 2. The summed E-state index contributed by atoms with van der Waals surface area (Å²) >= 11 is 3.38. The molecule has 0 saturated carbocycles. The van der Waals surface area contributed by atoms with Gasteiger partial charge in [-0.3, -0.25) is 0 Å². The highest BCUT2D eigenvalue weighted by molar-refractivity contribution is 9.10. The van der Waals surface area contributed by atoms with Gasteiger partial charge in [0.05, 0.1) is 5.75 Å². The molecule has 82 valence electrons. The fourth-order valence-electron chi connectivity index (χ4n) is 1.71. The number of nitrogens with zero attached hydrogens (tertiary/aromatic N) is 1. The van der Waals surface area contributed by atoms with Gasteiger partial charge in [0, 0.05) is 17.6 Å². The SMILES string of the molecule is CCS(=O)(=O)N1Cc2ccc(Br)cc2C1. The van der Waals surface area contributed by atoms with Crippen molar-refractivity contribution >= 4 is 26.0 Å². The van der Waals surface area contributed by atoms with Crippen LogP contribution >= 0.6 is 15.9 Å². The van der Waals surface area contributed by atoms with Crippen LogP contribution in [0.2, 0.25) is 0 Å². The van der Waals surface area contributed by atoms with Crippen LogP contribution in [0.5, 0.6) is 0 Å². The maximum Gasteiger partial charge on any atom is 0.214 e. The maximum absolute atomic E-state index is 11.7. The number of sulfonamides is 1. The molecule has 0 fully saturated rings. The second kappa shape index (κ2) is 3.88. The Hall–Kier alpha value is -0.390. The normalized spacial score (nSPS) is 16.7. The van der Waals surface area contributed by atoms with Gasteiger partial charge in [0.25, 0.3) is 0 Å². The van der Waals surface area contributed by atoms with E-state index in [9.17, 15) is 8.42 Å². The van der Waals surface area contributed by atoms with Crippen LogP contribution in [-0.4, -0.2) is 18.5 Å². The van der Waals surface area contributed by atoms with Crippen molar-refractivity contribution in [1.29, 1.82) is 0 Å². The van der Waals surface area contributed by atoms with Gasteiger partial charge in [0.15, 0.2) is 0 Å². The predicted octanol–water partition coefficient (Wildman–Crippen LogP) is 2.11. The van der Waals surface area contributed by atoms with Gasteiger partial charge in [-0.2, -0.15) is 4.31 Å². The summed E-state index contributed by atoms with van der Waals surface area (Å²) < 4.78 is 25.9. The summed E-state index contributed by atoms with van der Waals surface area (Å²) in [4.78, 5) is 0. The molecule has 1 heterocycles. The average molecular weight is 290 g/mol. The van der Waals surface area contributed by atoms with Crippen LogP contribution in [0, 0.1) is 0 Å². The van der Waals surface area contributed by atoms with Gasteiger partial charge < -0.3 is 0 Å². The highest BCUT2D eigenvalue weighted by atomic mass is 79.9. The van der Waals surface area contributed by atoms with E-state index in [2.05, 4.69) is 15.9 Å². The average Bonchev–Trinajstić information content (AvgIpc) is 2.61. The molecule has 0 unspecified atom stereocenters. The Morgan fingerprint density at radius 1 is 1.33 bits per heavy atom. The number of benzene rings is 1. The molecule has 1 aromatic carbocycles. The molecule has 3 nitrogen and oxygen atoms in total. The van der Waals surface area contributed by atoms with E-state index in [1.54, 1.807) is 6.92 Å². The lowest BCUT2D eigenvalue weighted by molar-refractivity contribution is 0.432. The molecule has 1 aromatic rings. The Bertz CT molecular complexity index is 484. The highest BCUT2D eigenvalue weighted by Crippen LogP contribution is 2.27. The smallest absolute Gasteiger partial charge is 0.212 e. The number of hydrogen-bond donors (Lipinski definition) is 0. The van der Waals surface area contributed by atoms with Crippen LogP contribution in [0.3, 0.4) is 0 Å². The van der Waals surface area contributed by atoms with Crippen molar-refractivity contribution < 1.29 is 8.42 Å². The van der Waals surface area contributed by atoms with Crippen molar-refractivity contribution in [3.8, 4) is 0 Å². The molecule has 0 N–H and O–H groups in total. The summed E-state index contributed by atoms with van der Waals surface area (Å²) in [5.74, 6) is 0.169. The second-order valence-corrected chi connectivity index (χ2v) is 6.75. The van der Waals surface area contributed by atoms with Crippen molar-refractivity contribution in [2.45, 2.75) is 20.0 Å². The van der Waals surface area contributed by atoms with E-state index in [0.29, 0.717) is 13.1 Å². The zero-order valence-electron chi connectivity index (χ0n) is 8.40. The van der Waals surface area contributed by atoms with Crippen molar-refractivity contribution in [2.24, 2.45) is 0 Å². The Kier molecular flexibility index (Phi) is 2.87. The van der Waals surface area contributed by atoms with Crippen LogP contribution < -0.4 is 0 Å². The van der Waals surface area contributed by atoms with Crippen molar-refractivity contribution in [3.05, 3.63) is 33.8 Å². The molecule has 0 amide bonds. The minimum atomic E-state index is -3.06. The zero-order chi connectivity index (χ0) is 11.1. The molecular weight excluding hydrogens is 278 g/mol. The Labute approximate surface area is 98.3 Å². The third kappa shape index (κ3) is 2.09. The Morgan fingerprint density at radius 3 is 2.67 bits per heavy atom. The monoisotopic (exact) mass is 289 g/mol. The molecule has 15 heavy (non-hydrogen) atoms. The molecule has 2 rings (SSSR count). The van der Waals surface area contributed by atoms with Crippen LogP contribution in [0.4, 0.5) is 0 Å². The third-order valence-electron chi connectivity index (χ3n) is 2.62. The molecular formula is C10H12BrNO2S. The predicted molar refractivity (Wildman–Crippen MR) is 62.8 cm³/mol. The van der Waals surface area contributed by atoms with Crippen LogP contribution in [0.15, 0.2) is 22.7 Å². The molecule has 0 aliphatic carbocycles. The standard InChI is InChI=1S/C10H12BrNO2S/c1-2-15(13,14)12-6-8-3-4-10(11)5-9(8)7-12/h3-5H,2,6-7H2,1H3. The Morgan fingerprint density at radius 2 is 2.00 bits per heavy atom. The molecule has 0 bridgehead atoms. The molecule has 0 aromatic heterocycles. The molecule has 1 aliphatic heterocycles. The van der Waals surface area contributed by atoms with E-state index in [1.807, 2.05) is 18.2 Å². The summed E-state index contributed by atoms with van der Waals surface area (Å²) in [6, 6.07) is 5.91. The first-order chi connectivity index (χ1) is 7.03. The van der Waals surface area contributed by atoms with E-state index < -0.39 is 10.0 Å². The molecule has 0 spiro atoms. The van der Waals surface area contributed by atoms with Gasteiger partial charge in [-0.1, -0.05) is 22.0 Å². The van der Waals surface area contributed by atoms with Gasteiger partial charge in [0.1, 0.15) is 0 Å². The van der Waals surface area contributed by atoms with E-state index in [1.165, 1.54) is 4.31 Å². The summed E-state index contributed by atoms with van der Waals surface area (Å²) in [5, 5.41) is 0. The third-order valence-corrected chi connectivity index (χ3v) is 4.89. The maximum atomic E-state index is 11.7. The van der Waals surface area contributed by atoms with E-state index in [-0.39, 0.29) is 5.75 Å². The fourth-order valence-corrected chi connectivity index (χ4v) is 3.16. The summed E-state index contributed by atoms with van der Waals surface area (Å²) in [5.41, 5.74) is 2.21. The van der Waals surface area contributed by atoms with Crippen LogP contribution in [-0.2, 0) is 23.1 Å². The molecule has 5 heteroatoms. The summed E-state index contributed by atoms with van der Waals surface area (Å²) in [6.45, 7) is 2.69. The Balaban J connectivity index is 2.30. The lowest BCUT2D eigenvalue weighted by Crippen LogP contribution is -2.26. The quantitative estimate of drug-likeness (QED) is 0.836. The molecule has 0 saturated heterocycles. The number of halogens is 1. The van der Waals surface area contributed by atoms with Gasteiger partial charge in [-0.25, -0.2) is 8.42 Å². The van der Waals surface area contributed by atoms with Gasteiger partial charge in [-0.05, 0) is 30.2 Å².